The molecule has 0 fully saturated rings. The highest BCUT2D eigenvalue weighted by molar-refractivity contribution is 7.22. The number of anilines is 6. The molecule has 0 radical (unpaired) electrons. The van der Waals surface area contributed by atoms with E-state index < -0.39 is 8.07 Å². The van der Waals surface area contributed by atoms with Crippen LogP contribution in [0.1, 0.15) is 0 Å². The molecule has 0 spiro atoms. The van der Waals surface area contributed by atoms with E-state index in [9.17, 15) is 0 Å². The molecule has 5 heteroatoms. The highest BCUT2D eigenvalue weighted by Gasteiger charge is 2.52. The maximum absolute atomic E-state index is 6.53. The smallest absolute Gasteiger partial charge is 0.186 e. The molecule has 14 rings (SSSR count). The van der Waals surface area contributed by atoms with Crippen LogP contribution in [-0.4, -0.2) is 12.6 Å². The number of aromatic nitrogens is 1. The summed E-state index contributed by atoms with van der Waals surface area (Å²) in [6, 6.07) is 104. The third-order valence-electron chi connectivity index (χ3n) is 14.8. The predicted molar refractivity (Wildman–Crippen MR) is 308 cm³/mol. The minimum atomic E-state index is -3.12. The van der Waals surface area contributed by atoms with Crippen LogP contribution < -0.4 is 30.5 Å². The lowest BCUT2D eigenvalue weighted by Crippen LogP contribution is -2.77. The number of hydrogen-bond donors (Lipinski definition) is 0. The molecule has 0 amide bonds. The van der Waals surface area contributed by atoms with Gasteiger partial charge in [0.25, 0.3) is 0 Å². The highest BCUT2D eigenvalue weighted by atomic mass is 28.3. The zero-order chi connectivity index (χ0) is 48.3. The topological polar surface area (TPSA) is 24.6 Å². The van der Waals surface area contributed by atoms with Gasteiger partial charge in [-0.1, -0.05) is 194 Å². The van der Waals surface area contributed by atoms with Gasteiger partial charge in [-0.2, -0.15) is 0 Å². The molecule has 0 saturated heterocycles. The number of furan rings is 1. The van der Waals surface area contributed by atoms with Gasteiger partial charge in [0.1, 0.15) is 17.0 Å². The molecule has 1 aliphatic heterocycles. The first kappa shape index (κ1) is 42.5. The lowest BCUT2D eigenvalue weighted by Gasteiger charge is -2.44. The standard InChI is InChI=1S/C68H47N3OSi/c1-6-22-48(23-7-1)49-24-20-30-54(44-49)69(56-41-42-60-59-36-16-18-38-64(59)72-65(60)47-56)55-31-21-25-50(45-55)51-40-43-62-61(46-51)67-68(70(62)52-26-8-2-9-27-52)71(53-28-10-3-11-29-53)63-37-17-19-39-66(63)73(67,57-32-12-4-13-33-57)58-34-14-5-15-35-58/h1-47H. The molecule has 0 bridgehead atoms. The largest absolute Gasteiger partial charge is 0.456 e. The Hall–Kier alpha value is -9.42. The molecule has 0 N–H and O–H groups in total. The Balaban J connectivity index is 1.03. The van der Waals surface area contributed by atoms with E-state index in [0.717, 1.165) is 72.6 Å². The van der Waals surface area contributed by atoms with Gasteiger partial charge in [-0.15, -0.1) is 0 Å². The van der Waals surface area contributed by atoms with Crippen LogP contribution >= 0.6 is 0 Å². The highest BCUT2D eigenvalue weighted by Crippen LogP contribution is 2.45. The Kier molecular flexibility index (Phi) is 10.2. The molecule has 0 atom stereocenters. The van der Waals surface area contributed by atoms with E-state index in [2.05, 4.69) is 287 Å². The van der Waals surface area contributed by atoms with Gasteiger partial charge in [0.2, 0.25) is 0 Å². The lowest BCUT2D eigenvalue weighted by atomic mass is 10.0. The van der Waals surface area contributed by atoms with Crippen molar-refractivity contribution in [3.63, 3.8) is 0 Å². The molecular formula is C68H47N3OSi. The van der Waals surface area contributed by atoms with Crippen molar-refractivity contribution in [1.29, 1.82) is 0 Å². The minimum Gasteiger partial charge on any atom is -0.456 e. The average Bonchev–Trinajstić information content (AvgIpc) is 4.02. The Morgan fingerprint density at radius 2 is 0.863 bits per heavy atom. The van der Waals surface area contributed by atoms with Crippen molar-refractivity contribution in [2.45, 2.75) is 0 Å². The molecule has 2 aromatic heterocycles. The SMILES string of the molecule is c1ccc(-c2cccc(N(c3cccc(-c4ccc5c(c4)c4c(n5-c5ccccc5)N(c5ccccc5)c5ccccc5[Si]4(c4ccccc4)c4ccccc4)c3)c3ccc4c(c3)oc3ccccc34)c2)cc1. The fourth-order valence-electron chi connectivity index (χ4n) is 11.7. The summed E-state index contributed by atoms with van der Waals surface area (Å²) in [5, 5.41) is 8.86. The van der Waals surface area contributed by atoms with Crippen molar-refractivity contribution in [3.05, 3.63) is 285 Å². The number of para-hydroxylation sites is 4. The van der Waals surface area contributed by atoms with Crippen molar-refractivity contribution >= 4 is 95.9 Å². The molecule has 0 aliphatic carbocycles. The summed E-state index contributed by atoms with van der Waals surface area (Å²) in [4.78, 5) is 4.89. The van der Waals surface area contributed by atoms with Crippen LogP contribution in [0.15, 0.2) is 290 Å². The van der Waals surface area contributed by atoms with E-state index in [1.165, 1.54) is 43.2 Å². The summed E-state index contributed by atoms with van der Waals surface area (Å²) in [7, 11) is -3.12. The summed E-state index contributed by atoms with van der Waals surface area (Å²) >= 11 is 0. The Morgan fingerprint density at radius 3 is 1.55 bits per heavy atom. The zero-order valence-corrected chi connectivity index (χ0v) is 40.9. The van der Waals surface area contributed by atoms with Crippen molar-refractivity contribution < 1.29 is 4.42 Å². The van der Waals surface area contributed by atoms with E-state index in [1.54, 1.807) is 0 Å². The number of benzene rings is 11. The van der Waals surface area contributed by atoms with E-state index >= 15 is 0 Å². The van der Waals surface area contributed by atoms with E-state index in [4.69, 9.17) is 4.42 Å². The second-order valence-electron chi connectivity index (χ2n) is 18.9. The van der Waals surface area contributed by atoms with Crippen LogP contribution in [0.25, 0.3) is 60.8 Å². The van der Waals surface area contributed by atoms with Gasteiger partial charge in [0, 0.05) is 61.5 Å². The maximum Gasteiger partial charge on any atom is 0.186 e. The van der Waals surface area contributed by atoms with Gasteiger partial charge in [-0.05, 0) is 123 Å². The minimum absolute atomic E-state index is 0.854. The van der Waals surface area contributed by atoms with Crippen molar-refractivity contribution in [1.82, 2.24) is 4.57 Å². The van der Waals surface area contributed by atoms with Gasteiger partial charge in [-0.3, -0.25) is 9.47 Å². The molecule has 0 unspecified atom stereocenters. The molecule has 3 heterocycles. The van der Waals surface area contributed by atoms with Gasteiger partial charge in [-0.25, -0.2) is 0 Å². The normalized spacial score (nSPS) is 12.7. The van der Waals surface area contributed by atoms with E-state index in [1.807, 2.05) is 12.1 Å². The number of fused-ring (bicyclic) bond motifs is 7. The van der Waals surface area contributed by atoms with E-state index in [-0.39, 0.29) is 0 Å². The van der Waals surface area contributed by atoms with Crippen LogP contribution in [0.5, 0.6) is 0 Å². The third-order valence-corrected chi connectivity index (χ3v) is 19.7. The summed E-state index contributed by atoms with van der Waals surface area (Å²) in [6.07, 6.45) is 0. The predicted octanol–water partition coefficient (Wildman–Crippen LogP) is 15.5. The molecule has 1 aliphatic rings. The average molecular weight is 950 g/mol. The first-order valence-corrected chi connectivity index (χ1v) is 27.0. The molecule has 4 nitrogen and oxygen atoms in total. The van der Waals surface area contributed by atoms with Crippen molar-refractivity contribution in [2.75, 3.05) is 9.80 Å². The first-order chi connectivity index (χ1) is 36.2. The first-order valence-electron chi connectivity index (χ1n) is 25.0. The van der Waals surface area contributed by atoms with Crippen LogP contribution in [0.3, 0.4) is 0 Å². The van der Waals surface area contributed by atoms with Crippen molar-refractivity contribution in [2.24, 2.45) is 0 Å². The fourth-order valence-corrected chi connectivity index (χ4v) is 16.9. The number of nitrogens with zero attached hydrogens (tertiary/aromatic N) is 3. The third kappa shape index (κ3) is 6.89. The van der Waals surface area contributed by atoms with Crippen LogP contribution in [0.4, 0.5) is 34.3 Å². The van der Waals surface area contributed by atoms with Crippen LogP contribution in [-0.2, 0) is 0 Å². The second kappa shape index (κ2) is 17.5. The molecule has 11 aromatic carbocycles. The maximum atomic E-state index is 6.53. The van der Waals surface area contributed by atoms with Gasteiger partial charge in [0.15, 0.2) is 8.07 Å². The van der Waals surface area contributed by atoms with Gasteiger partial charge in [0.05, 0.1) is 5.52 Å². The number of hydrogen-bond acceptors (Lipinski definition) is 3. The lowest BCUT2D eigenvalue weighted by molar-refractivity contribution is 0.669. The molecule has 344 valence electrons. The van der Waals surface area contributed by atoms with Gasteiger partial charge >= 0.3 is 0 Å². The van der Waals surface area contributed by atoms with Crippen LogP contribution in [0.2, 0.25) is 0 Å². The molecule has 73 heavy (non-hydrogen) atoms. The van der Waals surface area contributed by atoms with Crippen LogP contribution in [0, 0.1) is 0 Å². The Bertz CT molecular complexity index is 4110. The molecule has 13 aromatic rings. The fraction of sp³-hybridized carbons (Fsp3) is 0. The zero-order valence-electron chi connectivity index (χ0n) is 39.9. The molecular weight excluding hydrogens is 903 g/mol. The van der Waals surface area contributed by atoms with Gasteiger partial charge < -0.3 is 9.32 Å². The second-order valence-corrected chi connectivity index (χ2v) is 22.5. The van der Waals surface area contributed by atoms with E-state index in [0.29, 0.717) is 0 Å². The number of rotatable bonds is 9. The summed E-state index contributed by atoms with van der Waals surface area (Å²) < 4.78 is 9.06. The molecule has 0 saturated carbocycles. The Labute approximate surface area is 425 Å². The van der Waals surface area contributed by atoms with Crippen molar-refractivity contribution in [3.8, 4) is 27.9 Å². The quantitative estimate of drug-likeness (QED) is 0.135. The monoisotopic (exact) mass is 949 g/mol. The summed E-state index contributed by atoms with van der Waals surface area (Å²) in [5.41, 5.74) is 14.0. The Morgan fingerprint density at radius 1 is 0.342 bits per heavy atom. The summed E-state index contributed by atoms with van der Waals surface area (Å²) in [6.45, 7) is 0. The summed E-state index contributed by atoms with van der Waals surface area (Å²) in [5.74, 6) is 1.17.